The standard InChI is InChI=1S/C21H16N4O4S/c26-19(13-10-15-6-3-5-14-4-1-2-7-18(14)15)22-21(30)24-23-20(27)16-8-11-17(12-9-16)25(28)29/h1-13H,(H,23,27)(H2,22,24,26,30). The van der Waals surface area contributed by atoms with Gasteiger partial charge in [0.15, 0.2) is 5.11 Å². The van der Waals surface area contributed by atoms with E-state index in [4.69, 9.17) is 12.2 Å². The van der Waals surface area contributed by atoms with Gasteiger partial charge in [-0.05, 0) is 46.8 Å². The molecule has 0 atom stereocenters. The quantitative estimate of drug-likeness (QED) is 0.259. The minimum Gasteiger partial charge on any atom is -0.298 e. The molecule has 0 fully saturated rings. The van der Waals surface area contributed by atoms with E-state index in [0.29, 0.717) is 0 Å². The van der Waals surface area contributed by atoms with Crippen molar-refractivity contribution in [1.82, 2.24) is 16.2 Å². The van der Waals surface area contributed by atoms with E-state index in [0.717, 1.165) is 16.3 Å². The fourth-order valence-electron chi connectivity index (χ4n) is 2.67. The number of hydrazine groups is 1. The van der Waals surface area contributed by atoms with Crippen molar-refractivity contribution in [1.29, 1.82) is 0 Å². The zero-order chi connectivity index (χ0) is 21.5. The second kappa shape index (κ2) is 9.39. The highest BCUT2D eigenvalue weighted by Crippen LogP contribution is 2.19. The highest BCUT2D eigenvalue weighted by atomic mass is 32.1. The average Bonchev–Trinajstić information content (AvgIpc) is 2.76. The highest BCUT2D eigenvalue weighted by Gasteiger charge is 2.10. The van der Waals surface area contributed by atoms with Crippen LogP contribution in [0.2, 0.25) is 0 Å². The van der Waals surface area contributed by atoms with Crippen LogP contribution in [0.25, 0.3) is 16.8 Å². The maximum absolute atomic E-state index is 12.1. The van der Waals surface area contributed by atoms with Crippen molar-refractivity contribution in [2.75, 3.05) is 0 Å². The summed E-state index contributed by atoms with van der Waals surface area (Å²) in [4.78, 5) is 34.2. The van der Waals surface area contributed by atoms with Crippen molar-refractivity contribution in [3.63, 3.8) is 0 Å². The second-order valence-electron chi connectivity index (χ2n) is 6.10. The molecule has 9 heteroatoms. The normalized spacial score (nSPS) is 10.5. The number of nitro benzene ring substituents is 1. The number of non-ortho nitro benzene ring substituents is 1. The number of carbonyl (C=O) groups is 2. The van der Waals surface area contributed by atoms with Gasteiger partial charge in [0.1, 0.15) is 0 Å². The highest BCUT2D eigenvalue weighted by molar-refractivity contribution is 7.80. The predicted octanol–water partition coefficient (Wildman–Crippen LogP) is 3.10. The molecule has 0 aromatic heterocycles. The summed E-state index contributed by atoms with van der Waals surface area (Å²) >= 11 is 4.98. The van der Waals surface area contributed by atoms with E-state index >= 15 is 0 Å². The Balaban J connectivity index is 1.53. The molecule has 0 aliphatic heterocycles. The van der Waals surface area contributed by atoms with Crippen LogP contribution in [-0.2, 0) is 4.79 Å². The van der Waals surface area contributed by atoms with Crippen LogP contribution in [0, 0.1) is 10.1 Å². The van der Waals surface area contributed by atoms with Crippen LogP contribution >= 0.6 is 12.2 Å². The first-order valence-electron chi connectivity index (χ1n) is 8.75. The Morgan fingerprint density at radius 1 is 0.933 bits per heavy atom. The number of hydrogen-bond acceptors (Lipinski definition) is 5. The molecule has 0 saturated carbocycles. The van der Waals surface area contributed by atoms with Crippen LogP contribution in [0.4, 0.5) is 5.69 Å². The molecule has 0 unspecified atom stereocenters. The van der Waals surface area contributed by atoms with E-state index < -0.39 is 16.7 Å². The smallest absolute Gasteiger partial charge is 0.269 e. The number of rotatable bonds is 4. The van der Waals surface area contributed by atoms with Crippen LogP contribution in [0.1, 0.15) is 15.9 Å². The molecule has 0 aliphatic carbocycles. The molecular formula is C21H16N4O4S. The summed E-state index contributed by atoms with van der Waals surface area (Å²) in [5.41, 5.74) is 5.67. The number of benzene rings is 3. The van der Waals surface area contributed by atoms with E-state index in [2.05, 4.69) is 16.2 Å². The number of amides is 2. The Morgan fingerprint density at radius 3 is 2.37 bits per heavy atom. The molecule has 0 heterocycles. The zero-order valence-corrected chi connectivity index (χ0v) is 16.3. The topological polar surface area (TPSA) is 113 Å². The predicted molar refractivity (Wildman–Crippen MR) is 117 cm³/mol. The lowest BCUT2D eigenvalue weighted by Gasteiger charge is -2.09. The van der Waals surface area contributed by atoms with E-state index in [1.54, 1.807) is 6.08 Å². The summed E-state index contributed by atoms with van der Waals surface area (Å²) < 4.78 is 0. The fraction of sp³-hybridized carbons (Fsp3) is 0. The third kappa shape index (κ3) is 5.24. The van der Waals surface area contributed by atoms with Crippen molar-refractivity contribution < 1.29 is 14.5 Å². The molecule has 30 heavy (non-hydrogen) atoms. The summed E-state index contributed by atoms with van der Waals surface area (Å²) in [6.45, 7) is 0. The number of hydrogen-bond donors (Lipinski definition) is 3. The maximum atomic E-state index is 12.1. The van der Waals surface area contributed by atoms with Crippen molar-refractivity contribution in [3.8, 4) is 0 Å². The largest absolute Gasteiger partial charge is 0.298 e. The van der Waals surface area contributed by atoms with Gasteiger partial charge in [-0.25, -0.2) is 0 Å². The summed E-state index contributed by atoms with van der Waals surface area (Å²) in [7, 11) is 0. The first-order valence-corrected chi connectivity index (χ1v) is 9.16. The first kappa shape index (κ1) is 20.6. The number of thiocarbonyl (C=S) groups is 1. The maximum Gasteiger partial charge on any atom is 0.269 e. The molecule has 0 saturated heterocycles. The van der Waals surface area contributed by atoms with Gasteiger partial charge in [-0.3, -0.25) is 35.9 Å². The monoisotopic (exact) mass is 420 g/mol. The number of nitrogens with one attached hydrogen (secondary N) is 3. The van der Waals surface area contributed by atoms with Gasteiger partial charge >= 0.3 is 0 Å². The molecule has 0 aliphatic rings. The molecule has 2 amide bonds. The Morgan fingerprint density at radius 2 is 1.63 bits per heavy atom. The number of fused-ring (bicyclic) bond motifs is 1. The van der Waals surface area contributed by atoms with E-state index in [1.807, 2.05) is 42.5 Å². The molecule has 0 spiro atoms. The Labute approximate surface area is 176 Å². The first-order chi connectivity index (χ1) is 14.4. The van der Waals surface area contributed by atoms with Crippen molar-refractivity contribution in [2.45, 2.75) is 0 Å². The third-order valence-corrected chi connectivity index (χ3v) is 4.31. The number of carbonyl (C=O) groups excluding carboxylic acids is 2. The van der Waals surface area contributed by atoms with Crippen LogP contribution in [-0.4, -0.2) is 21.9 Å². The summed E-state index contributed by atoms with van der Waals surface area (Å²) in [5, 5.41) is 15.0. The van der Waals surface area contributed by atoms with Crippen LogP contribution in [0.5, 0.6) is 0 Å². The van der Waals surface area contributed by atoms with E-state index in [1.165, 1.54) is 30.3 Å². The number of nitrogens with zero attached hydrogens (tertiary/aromatic N) is 1. The average molecular weight is 420 g/mol. The van der Waals surface area contributed by atoms with Crippen molar-refractivity contribution in [2.24, 2.45) is 0 Å². The molecule has 0 radical (unpaired) electrons. The van der Waals surface area contributed by atoms with E-state index in [-0.39, 0.29) is 16.4 Å². The van der Waals surface area contributed by atoms with Crippen LogP contribution in [0.15, 0.2) is 72.8 Å². The lowest BCUT2D eigenvalue weighted by Crippen LogP contribution is -2.48. The Kier molecular flexibility index (Phi) is 6.46. The Hall–Kier alpha value is -4.11. The van der Waals surface area contributed by atoms with E-state index in [9.17, 15) is 19.7 Å². The molecule has 150 valence electrons. The van der Waals surface area contributed by atoms with Crippen LogP contribution in [0.3, 0.4) is 0 Å². The summed E-state index contributed by atoms with van der Waals surface area (Å²) in [6.07, 6.45) is 3.02. The number of nitro groups is 1. The SMILES string of the molecule is O=C(C=Cc1cccc2ccccc12)NC(=S)NNC(=O)c1ccc([N+](=O)[O-])cc1. The molecule has 3 rings (SSSR count). The van der Waals surface area contributed by atoms with Gasteiger partial charge in [0.25, 0.3) is 11.6 Å². The Bertz CT molecular complexity index is 1150. The minimum atomic E-state index is -0.562. The van der Waals surface area contributed by atoms with Gasteiger partial charge in [-0.2, -0.15) is 0 Å². The second-order valence-corrected chi connectivity index (χ2v) is 6.51. The van der Waals surface area contributed by atoms with Gasteiger partial charge in [-0.15, -0.1) is 0 Å². The van der Waals surface area contributed by atoms with Crippen molar-refractivity contribution >= 4 is 51.7 Å². The zero-order valence-electron chi connectivity index (χ0n) is 15.5. The molecule has 3 aromatic carbocycles. The van der Waals surface area contributed by atoms with Gasteiger partial charge < -0.3 is 0 Å². The molecule has 8 nitrogen and oxygen atoms in total. The van der Waals surface area contributed by atoms with Gasteiger partial charge in [0.2, 0.25) is 5.91 Å². The summed E-state index contributed by atoms with van der Waals surface area (Å²) in [6, 6.07) is 18.6. The molecule has 3 N–H and O–H groups in total. The van der Waals surface area contributed by atoms with Gasteiger partial charge in [0.05, 0.1) is 4.92 Å². The van der Waals surface area contributed by atoms with Crippen molar-refractivity contribution in [3.05, 3.63) is 94.0 Å². The third-order valence-electron chi connectivity index (χ3n) is 4.10. The lowest BCUT2D eigenvalue weighted by atomic mass is 10.0. The minimum absolute atomic E-state index is 0.0992. The molecule has 0 bridgehead atoms. The molecule has 3 aromatic rings. The lowest BCUT2D eigenvalue weighted by molar-refractivity contribution is -0.384. The summed E-state index contributed by atoms with van der Waals surface area (Å²) in [5.74, 6) is -1.03. The van der Waals surface area contributed by atoms with Gasteiger partial charge in [0, 0.05) is 23.8 Å². The van der Waals surface area contributed by atoms with Gasteiger partial charge in [-0.1, -0.05) is 42.5 Å². The molecular weight excluding hydrogens is 404 g/mol. The van der Waals surface area contributed by atoms with Crippen LogP contribution < -0.4 is 16.2 Å². The fourth-order valence-corrected chi connectivity index (χ4v) is 2.82.